The van der Waals surface area contributed by atoms with E-state index in [2.05, 4.69) is 47.1 Å². The van der Waals surface area contributed by atoms with Crippen molar-refractivity contribution in [1.29, 1.82) is 0 Å². The monoisotopic (exact) mass is 384 g/mol. The highest BCUT2D eigenvalue weighted by Crippen LogP contribution is 2.33. The minimum absolute atomic E-state index is 0.208. The van der Waals surface area contributed by atoms with E-state index in [1.165, 1.54) is 24.8 Å². The van der Waals surface area contributed by atoms with Crippen molar-refractivity contribution in [3.8, 4) is 11.5 Å². The molecule has 1 aliphatic carbocycles. The maximum atomic E-state index is 6.18. The van der Waals surface area contributed by atoms with Gasteiger partial charge in [-0.05, 0) is 60.9 Å². The van der Waals surface area contributed by atoms with Crippen molar-refractivity contribution < 1.29 is 0 Å². The van der Waals surface area contributed by atoms with E-state index in [0.717, 1.165) is 22.9 Å². The zero-order chi connectivity index (χ0) is 19.1. The van der Waals surface area contributed by atoms with Crippen molar-refractivity contribution >= 4 is 28.6 Å². The molecule has 1 aliphatic rings. The fourth-order valence-corrected chi connectivity index (χ4v) is 3.78. The van der Waals surface area contributed by atoms with Gasteiger partial charge in [0.25, 0.3) is 0 Å². The second kappa shape index (κ2) is 7.08. The lowest BCUT2D eigenvalue weighted by Gasteiger charge is -2.32. The lowest BCUT2D eigenvalue weighted by molar-refractivity contribution is 0.285. The number of pyridine rings is 1. The average Bonchev–Trinajstić information content (AvgIpc) is 2.90. The Kier molecular flexibility index (Phi) is 4.76. The molecule has 4 rings (SSSR count). The summed E-state index contributed by atoms with van der Waals surface area (Å²) in [6, 6.07) is 4.47. The maximum Gasteiger partial charge on any atom is 0.226 e. The van der Waals surface area contributed by atoms with Crippen LogP contribution in [0, 0.1) is 5.92 Å². The third kappa shape index (κ3) is 3.38. The molecule has 3 aromatic heterocycles. The third-order valence-corrected chi connectivity index (χ3v) is 5.77. The number of aryl methyl sites for hydroxylation is 1. The van der Waals surface area contributed by atoms with Gasteiger partial charge in [0.1, 0.15) is 11.2 Å². The molecule has 0 amide bonds. The molecule has 1 saturated carbocycles. The molecule has 3 aromatic rings. The quantitative estimate of drug-likeness (QED) is 0.639. The summed E-state index contributed by atoms with van der Waals surface area (Å²) in [7, 11) is 1.98. The van der Waals surface area contributed by atoms with Crippen molar-refractivity contribution in [3.63, 3.8) is 0 Å². The Morgan fingerprint density at radius 2 is 1.96 bits per heavy atom. The Labute approximate surface area is 164 Å². The van der Waals surface area contributed by atoms with E-state index >= 15 is 0 Å². The molecular formula is C20H25ClN6. The predicted octanol–water partition coefficient (Wildman–Crippen LogP) is 4.80. The van der Waals surface area contributed by atoms with Crippen LogP contribution in [0.15, 0.2) is 18.3 Å². The number of nitrogens with zero attached hydrogens (tertiary/aromatic N) is 5. The summed E-state index contributed by atoms with van der Waals surface area (Å²) in [4.78, 5) is 18.0. The zero-order valence-corrected chi connectivity index (χ0v) is 17.0. The second-order valence-corrected chi connectivity index (χ2v) is 8.10. The largest absolute Gasteiger partial charge is 0.365 e. The summed E-state index contributed by atoms with van der Waals surface area (Å²) in [6.45, 7) is 6.54. The first-order valence-corrected chi connectivity index (χ1v) is 9.94. The molecule has 1 unspecified atom stereocenters. The highest BCUT2D eigenvalue weighted by atomic mass is 35.5. The summed E-state index contributed by atoms with van der Waals surface area (Å²) in [5, 5.41) is 3.75. The molecule has 1 atom stereocenters. The molecule has 0 spiro atoms. The number of fused-ring (bicyclic) bond motifs is 1. The van der Waals surface area contributed by atoms with E-state index in [-0.39, 0.29) is 5.28 Å². The molecular weight excluding hydrogens is 360 g/mol. The molecule has 6 nitrogen and oxygen atoms in total. The number of hydrogen-bond donors (Lipinski definition) is 1. The molecule has 0 aliphatic heterocycles. The lowest BCUT2D eigenvalue weighted by Crippen LogP contribution is -2.31. The Morgan fingerprint density at radius 3 is 2.63 bits per heavy atom. The Hall–Kier alpha value is -2.21. The van der Waals surface area contributed by atoms with E-state index in [1.807, 2.05) is 23.9 Å². The van der Waals surface area contributed by atoms with Crippen molar-refractivity contribution in [3.05, 3.63) is 29.2 Å². The predicted molar refractivity (Wildman–Crippen MR) is 109 cm³/mol. The molecule has 0 aromatic carbocycles. The number of halogens is 1. The van der Waals surface area contributed by atoms with Crippen molar-refractivity contribution in [2.45, 2.75) is 52.0 Å². The Morgan fingerprint density at radius 1 is 1.19 bits per heavy atom. The van der Waals surface area contributed by atoms with Crippen LogP contribution in [0.2, 0.25) is 5.28 Å². The van der Waals surface area contributed by atoms with Crippen LogP contribution in [0.3, 0.4) is 0 Å². The number of hydrogen-bond acceptors (Lipinski definition) is 5. The van der Waals surface area contributed by atoms with E-state index in [4.69, 9.17) is 16.6 Å². The number of aromatic nitrogens is 5. The highest BCUT2D eigenvalue weighted by Gasteiger charge is 2.26. The molecule has 0 radical (unpaired) electrons. The van der Waals surface area contributed by atoms with Crippen LogP contribution < -0.4 is 5.32 Å². The molecule has 7 heteroatoms. The standard InChI is InChI=1S/C20H25ClN6/c1-11(2)14-8-9-22-15(10-14)19-24-18-16(27(19)4)17(25-20(21)26-18)23-12(3)13-6-5-7-13/h8-13H,5-7H2,1-4H3,(H,23,25,26). The second-order valence-electron chi connectivity index (χ2n) is 7.76. The van der Waals surface area contributed by atoms with Crippen molar-refractivity contribution in [2.75, 3.05) is 5.32 Å². The summed E-state index contributed by atoms with van der Waals surface area (Å²) in [5.41, 5.74) is 3.51. The normalized spacial score (nSPS) is 15.9. The molecule has 0 saturated heterocycles. The van der Waals surface area contributed by atoms with Crippen LogP contribution in [-0.4, -0.2) is 30.5 Å². The van der Waals surface area contributed by atoms with E-state index in [0.29, 0.717) is 23.5 Å². The van der Waals surface area contributed by atoms with E-state index in [1.54, 1.807) is 0 Å². The smallest absolute Gasteiger partial charge is 0.226 e. The van der Waals surface area contributed by atoms with Crippen LogP contribution in [0.4, 0.5) is 5.82 Å². The van der Waals surface area contributed by atoms with Gasteiger partial charge in [-0.2, -0.15) is 9.97 Å². The van der Waals surface area contributed by atoms with Gasteiger partial charge in [0, 0.05) is 19.3 Å². The summed E-state index contributed by atoms with van der Waals surface area (Å²) >= 11 is 6.18. The van der Waals surface area contributed by atoms with Gasteiger partial charge >= 0.3 is 0 Å². The van der Waals surface area contributed by atoms with Gasteiger partial charge in [0.15, 0.2) is 17.3 Å². The summed E-state index contributed by atoms with van der Waals surface area (Å²) in [6.07, 6.45) is 5.67. The topological polar surface area (TPSA) is 68.5 Å². The molecule has 1 fully saturated rings. The van der Waals surface area contributed by atoms with Crippen LogP contribution in [0.1, 0.15) is 51.5 Å². The summed E-state index contributed by atoms with van der Waals surface area (Å²) < 4.78 is 2.01. The number of nitrogens with one attached hydrogen (secondary N) is 1. The minimum Gasteiger partial charge on any atom is -0.365 e. The van der Waals surface area contributed by atoms with Gasteiger partial charge in [-0.3, -0.25) is 4.98 Å². The van der Waals surface area contributed by atoms with Crippen LogP contribution >= 0.6 is 11.6 Å². The number of anilines is 1. The van der Waals surface area contributed by atoms with Crippen LogP contribution in [0.5, 0.6) is 0 Å². The molecule has 142 valence electrons. The zero-order valence-electron chi connectivity index (χ0n) is 16.2. The average molecular weight is 385 g/mol. The van der Waals surface area contributed by atoms with Crippen LogP contribution in [-0.2, 0) is 7.05 Å². The van der Waals surface area contributed by atoms with Gasteiger partial charge in [-0.25, -0.2) is 4.98 Å². The van der Waals surface area contributed by atoms with Crippen LogP contribution in [0.25, 0.3) is 22.7 Å². The van der Waals surface area contributed by atoms with E-state index in [9.17, 15) is 0 Å². The first-order valence-electron chi connectivity index (χ1n) is 9.57. The minimum atomic E-state index is 0.208. The number of imidazole rings is 1. The lowest BCUT2D eigenvalue weighted by atomic mass is 9.80. The first kappa shape index (κ1) is 18.2. The van der Waals surface area contributed by atoms with Crippen molar-refractivity contribution in [2.24, 2.45) is 13.0 Å². The molecule has 0 bridgehead atoms. The Bertz CT molecular complexity index is 976. The van der Waals surface area contributed by atoms with E-state index < -0.39 is 0 Å². The molecule has 1 N–H and O–H groups in total. The van der Waals surface area contributed by atoms with Gasteiger partial charge in [-0.15, -0.1) is 0 Å². The fourth-order valence-electron chi connectivity index (χ4n) is 3.62. The number of rotatable bonds is 5. The molecule has 27 heavy (non-hydrogen) atoms. The fraction of sp³-hybridized carbons (Fsp3) is 0.500. The SMILES string of the molecule is CC(C)c1ccnc(-c2nc3nc(Cl)nc(NC(C)C4CCC4)c3n2C)c1. The van der Waals surface area contributed by atoms with Crippen molar-refractivity contribution in [1.82, 2.24) is 24.5 Å². The highest BCUT2D eigenvalue weighted by molar-refractivity contribution is 6.28. The maximum absolute atomic E-state index is 6.18. The third-order valence-electron chi connectivity index (χ3n) is 5.60. The molecule has 3 heterocycles. The summed E-state index contributed by atoms with van der Waals surface area (Å²) in [5.74, 6) is 2.62. The first-order chi connectivity index (χ1) is 12.9. The van der Waals surface area contributed by atoms with Gasteiger partial charge in [-0.1, -0.05) is 20.3 Å². The Balaban J connectivity index is 1.79. The van der Waals surface area contributed by atoms with Gasteiger partial charge in [0.05, 0.1) is 0 Å². The van der Waals surface area contributed by atoms with Gasteiger partial charge in [0.2, 0.25) is 5.28 Å². The van der Waals surface area contributed by atoms with Gasteiger partial charge < -0.3 is 9.88 Å².